The first kappa shape index (κ1) is 11.6. The predicted molar refractivity (Wildman–Crippen MR) is 63.4 cm³/mol. The number of nitrogens with two attached hydrogens (primary N) is 1. The molecule has 5 heteroatoms. The van der Waals surface area contributed by atoms with Crippen LogP contribution in [0.15, 0.2) is 22.7 Å². The van der Waals surface area contributed by atoms with Crippen LogP contribution in [-0.2, 0) is 6.54 Å². The van der Waals surface area contributed by atoms with Gasteiger partial charge < -0.3 is 15.4 Å². The topological polar surface area (TPSA) is 85.2 Å². The van der Waals surface area contributed by atoms with Crippen LogP contribution in [0.25, 0.3) is 11.4 Å². The summed E-state index contributed by atoms with van der Waals surface area (Å²) >= 11 is 0. The molecule has 5 nitrogen and oxygen atoms in total. The number of hydrogen-bond donors (Lipinski definition) is 2. The number of phenols is 1. The SMILES string of the molecule is CC(C)c1ccc(O)c(-c2noc(CN)n2)c1. The molecule has 0 aliphatic heterocycles. The Kier molecular flexibility index (Phi) is 3.10. The summed E-state index contributed by atoms with van der Waals surface area (Å²) in [5.41, 5.74) is 7.08. The predicted octanol–water partition coefficient (Wildman–Crippen LogP) is 2.02. The highest BCUT2D eigenvalue weighted by Gasteiger charge is 2.13. The molecule has 0 radical (unpaired) electrons. The molecule has 0 aliphatic carbocycles. The summed E-state index contributed by atoms with van der Waals surface area (Å²) in [5.74, 6) is 1.23. The fourth-order valence-electron chi connectivity index (χ4n) is 1.54. The fraction of sp³-hybridized carbons (Fsp3) is 0.333. The van der Waals surface area contributed by atoms with Crippen LogP contribution < -0.4 is 5.73 Å². The number of benzene rings is 1. The van der Waals surface area contributed by atoms with Crippen molar-refractivity contribution in [2.24, 2.45) is 5.73 Å². The summed E-state index contributed by atoms with van der Waals surface area (Å²) in [6, 6.07) is 5.39. The van der Waals surface area contributed by atoms with Crippen molar-refractivity contribution in [3.05, 3.63) is 29.7 Å². The van der Waals surface area contributed by atoms with E-state index in [4.69, 9.17) is 10.3 Å². The standard InChI is InChI=1S/C12H15N3O2/c1-7(2)8-3-4-10(16)9(5-8)12-14-11(6-13)17-15-12/h3-5,7,16H,6,13H2,1-2H3. The maximum atomic E-state index is 9.80. The van der Waals surface area contributed by atoms with Crippen LogP contribution in [0.1, 0.15) is 31.2 Å². The highest BCUT2D eigenvalue weighted by Crippen LogP contribution is 2.30. The Morgan fingerprint density at radius 1 is 1.41 bits per heavy atom. The van der Waals surface area contributed by atoms with Crippen molar-refractivity contribution < 1.29 is 9.63 Å². The van der Waals surface area contributed by atoms with Crippen LogP contribution >= 0.6 is 0 Å². The summed E-state index contributed by atoms with van der Waals surface area (Å²) in [6.07, 6.45) is 0. The molecule has 17 heavy (non-hydrogen) atoms. The molecular formula is C12H15N3O2. The maximum absolute atomic E-state index is 9.80. The molecule has 2 aromatic rings. The minimum atomic E-state index is 0.138. The van der Waals surface area contributed by atoms with E-state index in [2.05, 4.69) is 24.0 Å². The molecule has 0 saturated heterocycles. The monoisotopic (exact) mass is 233 g/mol. The Hall–Kier alpha value is -1.88. The zero-order valence-corrected chi connectivity index (χ0v) is 9.84. The lowest BCUT2D eigenvalue weighted by atomic mass is 10.00. The molecule has 0 fully saturated rings. The molecule has 2 rings (SSSR count). The van der Waals surface area contributed by atoms with Crippen molar-refractivity contribution in [2.45, 2.75) is 26.3 Å². The van der Waals surface area contributed by atoms with E-state index in [1.54, 1.807) is 6.07 Å². The first-order valence-electron chi connectivity index (χ1n) is 5.47. The largest absolute Gasteiger partial charge is 0.507 e. The molecule has 90 valence electrons. The first-order valence-corrected chi connectivity index (χ1v) is 5.47. The molecule has 0 spiro atoms. The van der Waals surface area contributed by atoms with Gasteiger partial charge in [0.1, 0.15) is 5.75 Å². The fourth-order valence-corrected chi connectivity index (χ4v) is 1.54. The highest BCUT2D eigenvalue weighted by atomic mass is 16.5. The Bertz CT molecular complexity index is 520. The molecule has 1 aromatic heterocycles. The number of rotatable bonds is 3. The van der Waals surface area contributed by atoms with Gasteiger partial charge >= 0.3 is 0 Å². The van der Waals surface area contributed by atoms with Crippen molar-refractivity contribution in [1.29, 1.82) is 0 Å². The van der Waals surface area contributed by atoms with Crippen LogP contribution in [-0.4, -0.2) is 15.2 Å². The average Bonchev–Trinajstić information content (AvgIpc) is 2.77. The molecule has 0 atom stereocenters. The van der Waals surface area contributed by atoms with E-state index in [9.17, 15) is 5.11 Å². The molecule has 1 aromatic carbocycles. The van der Waals surface area contributed by atoms with E-state index in [1.165, 1.54) is 0 Å². The number of nitrogens with zero attached hydrogens (tertiary/aromatic N) is 2. The van der Waals surface area contributed by atoms with Crippen LogP contribution in [0.5, 0.6) is 5.75 Å². The lowest BCUT2D eigenvalue weighted by Crippen LogP contribution is -1.96. The number of hydrogen-bond acceptors (Lipinski definition) is 5. The van der Waals surface area contributed by atoms with Gasteiger partial charge in [-0.15, -0.1) is 0 Å². The van der Waals surface area contributed by atoms with E-state index in [-0.39, 0.29) is 12.3 Å². The third kappa shape index (κ3) is 2.29. The Morgan fingerprint density at radius 3 is 2.76 bits per heavy atom. The summed E-state index contributed by atoms with van der Waals surface area (Å²) in [5, 5.41) is 13.6. The smallest absolute Gasteiger partial charge is 0.240 e. The minimum Gasteiger partial charge on any atom is -0.507 e. The average molecular weight is 233 g/mol. The molecule has 0 amide bonds. The van der Waals surface area contributed by atoms with E-state index in [0.29, 0.717) is 23.2 Å². The second-order valence-corrected chi connectivity index (χ2v) is 4.15. The van der Waals surface area contributed by atoms with Gasteiger partial charge in [-0.1, -0.05) is 25.1 Å². The van der Waals surface area contributed by atoms with Gasteiger partial charge in [-0.2, -0.15) is 4.98 Å². The molecular weight excluding hydrogens is 218 g/mol. The van der Waals surface area contributed by atoms with Crippen molar-refractivity contribution >= 4 is 0 Å². The minimum absolute atomic E-state index is 0.138. The van der Waals surface area contributed by atoms with E-state index >= 15 is 0 Å². The Morgan fingerprint density at radius 2 is 2.18 bits per heavy atom. The van der Waals surface area contributed by atoms with Crippen molar-refractivity contribution in [2.75, 3.05) is 0 Å². The van der Waals surface area contributed by atoms with Gasteiger partial charge in [0.25, 0.3) is 0 Å². The zero-order chi connectivity index (χ0) is 12.4. The molecule has 3 N–H and O–H groups in total. The van der Waals surface area contributed by atoms with Crippen LogP contribution in [0, 0.1) is 0 Å². The third-order valence-electron chi connectivity index (χ3n) is 2.57. The van der Waals surface area contributed by atoms with Gasteiger partial charge in [0, 0.05) is 0 Å². The van der Waals surface area contributed by atoms with Crippen LogP contribution in [0.3, 0.4) is 0 Å². The number of phenolic OH excluding ortho intramolecular Hbond substituents is 1. The second-order valence-electron chi connectivity index (χ2n) is 4.15. The van der Waals surface area contributed by atoms with Crippen LogP contribution in [0.4, 0.5) is 0 Å². The van der Waals surface area contributed by atoms with Gasteiger partial charge in [0.15, 0.2) is 0 Å². The van der Waals surface area contributed by atoms with Crippen molar-refractivity contribution in [3.8, 4) is 17.1 Å². The second kappa shape index (κ2) is 4.55. The Labute approximate surface area is 99.3 Å². The van der Waals surface area contributed by atoms with E-state index in [1.807, 2.05) is 12.1 Å². The summed E-state index contributed by atoms with van der Waals surface area (Å²) in [4.78, 5) is 4.10. The van der Waals surface area contributed by atoms with Gasteiger partial charge in [-0.3, -0.25) is 0 Å². The highest BCUT2D eigenvalue weighted by molar-refractivity contribution is 5.64. The molecule has 0 saturated carbocycles. The molecule has 0 unspecified atom stereocenters. The van der Waals surface area contributed by atoms with Gasteiger partial charge in [-0.05, 0) is 23.6 Å². The number of aromatic nitrogens is 2. The van der Waals surface area contributed by atoms with Crippen LogP contribution in [0.2, 0.25) is 0 Å². The van der Waals surface area contributed by atoms with Crippen molar-refractivity contribution in [3.63, 3.8) is 0 Å². The quantitative estimate of drug-likeness (QED) is 0.847. The van der Waals surface area contributed by atoms with Gasteiger partial charge in [0.05, 0.1) is 12.1 Å². The van der Waals surface area contributed by atoms with E-state index in [0.717, 1.165) is 5.56 Å². The van der Waals surface area contributed by atoms with Gasteiger partial charge in [0.2, 0.25) is 11.7 Å². The lowest BCUT2D eigenvalue weighted by Gasteiger charge is -2.07. The van der Waals surface area contributed by atoms with Crippen molar-refractivity contribution in [1.82, 2.24) is 10.1 Å². The lowest BCUT2D eigenvalue weighted by molar-refractivity contribution is 0.380. The number of aromatic hydroxyl groups is 1. The molecule has 1 heterocycles. The first-order chi connectivity index (χ1) is 8.11. The molecule has 0 bridgehead atoms. The summed E-state index contributed by atoms with van der Waals surface area (Å²) in [7, 11) is 0. The summed E-state index contributed by atoms with van der Waals surface area (Å²) in [6.45, 7) is 4.35. The maximum Gasteiger partial charge on any atom is 0.240 e. The third-order valence-corrected chi connectivity index (χ3v) is 2.57. The van der Waals surface area contributed by atoms with E-state index < -0.39 is 0 Å². The Balaban J connectivity index is 2.46. The normalized spacial score (nSPS) is 11.1. The zero-order valence-electron chi connectivity index (χ0n) is 9.84. The molecule has 0 aliphatic rings. The summed E-state index contributed by atoms with van der Waals surface area (Å²) < 4.78 is 4.93. The van der Waals surface area contributed by atoms with Gasteiger partial charge in [-0.25, -0.2) is 0 Å².